The molecule has 0 aliphatic carbocycles. The maximum Gasteiger partial charge on any atom is 0.348 e. The number of carbonyl (C=O) groups is 4. The van der Waals surface area contributed by atoms with Crippen molar-refractivity contribution < 1.29 is 28.0 Å². The lowest BCUT2D eigenvalue weighted by molar-refractivity contribution is -0.154. The van der Waals surface area contributed by atoms with Crippen molar-refractivity contribution in [2.24, 2.45) is 0 Å². The summed E-state index contributed by atoms with van der Waals surface area (Å²) in [6, 6.07) is 8.55. The van der Waals surface area contributed by atoms with Gasteiger partial charge in [0.1, 0.15) is 15.7 Å². The zero-order chi connectivity index (χ0) is 26.6. The highest BCUT2D eigenvalue weighted by molar-refractivity contribution is 6.38. The van der Waals surface area contributed by atoms with Crippen LogP contribution in [0.3, 0.4) is 0 Å². The third kappa shape index (κ3) is 4.13. The van der Waals surface area contributed by atoms with E-state index >= 15 is 0 Å². The fourth-order valence-electron chi connectivity index (χ4n) is 4.18. The standard InChI is InChI=1S/C22H14B4ClF2N3O4/c23-17(32(26)20(36)22(28,29)13-2-4-14(27)5-3-13)11-1-6-15-12(9-11)10-30(18(15)34)21(24)8-7-16(33)31(25)19(21)35/h1-6,9,17H,7-8,10H2/t17?,21-/m0/s1. The molecule has 1 saturated heterocycles. The van der Waals surface area contributed by atoms with E-state index in [1.807, 2.05) is 0 Å². The first-order valence-corrected chi connectivity index (χ1v) is 11.0. The third-order valence-electron chi connectivity index (χ3n) is 6.34. The molecule has 2 aromatic rings. The zero-order valence-corrected chi connectivity index (χ0v) is 19.4. The number of piperidine rings is 1. The summed E-state index contributed by atoms with van der Waals surface area (Å²) in [5, 5.41) is 0.213. The van der Waals surface area contributed by atoms with Crippen molar-refractivity contribution in [2.75, 3.05) is 0 Å². The smallest absolute Gasteiger partial charge is 0.348 e. The van der Waals surface area contributed by atoms with E-state index in [0.29, 0.717) is 10.4 Å². The normalized spacial score (nSPS) is 20.9. The second kappa shape index (κ2) is 9.10. The molecule has 0 N–H and O–H groups in total. The lowest BCUT2D eigenvalue weighted by atomic mass is 9.68. The summed E-state index contributed by atoms with van der Waals surface area (Å²) in [7, 11) is 23.4. The Morgan fingerprint density at radius 1 is 1.14 bits per heavy atom. The Morgan fingerprint density at radius 2 is 1.78 bits per heavy atom. The molecule has 4 rings (SSSR count). The van der Waals surface area contributed by atoms with Gasteiger partial charge in [-0.25, -0.2) is 0 Å². The van der Waals surface area contributed by atoms with E-state index in [1.165, 1.54) is 30.3 Å². The maximum absolute atomic E-state index is 14.8. The van der Waals surface area contributed by atoms with Crippen LogP contribution in [0.15, 0.2) is 42.5 Å². The molecule has 2 aromatic carbocycles. The van der Waals surface area contributed by atoms with E-state index < -0.39 is 46.5 Å². The Balaban J connectivity index is 1.56. The predicted octanol–water partition coefficient (Wildman–Crippen LogP) is 1.26. The van der Waals surface area contributed by atoms with Gasteiger partial charge in [-0.3, -0.25) is 19.2 Å². The monoisotopic (exact) mass is 501 g/mol. The van der Waals surface area contributed by atoms with Crippen LogP contribution in [0.2, 0.25) is 5.02 Å². The topological polar surface area (TPSA) is 78.0 Å². The van der Waals surface area contributed by atoms with Crippen LogP contribution in [0.4, 0.5) is 8.78 Å². The third-order valence-corrected chi connectivity index (χ3v) is 6.60. The molecule has 0 spiro atoms. The minimum Gasteiger partial charge on any atom is -0.393 e. The number of rotatable bonds is 5. The van der Waals surface area contributed by atoms with Gasteiger partial charge in [0.25, 0.3) is 11.8 Å². The summed E-state index contributed by atoms with van der Waals surface area (Å²) in [6.07, 6.45) is -0.267. The van der Waals surface area contributed by atoms with Crippen LogP contribution in [0.25, 0.3) is 0 Å². The van der Waals surface area contributed by atoms with E-state index in [4.69, 9.17) is 43.3 Å². The second-order valence-corrected chi connectivity index (χ2v) is 8.98. The van der Waals surface area contributed by atoms with E-state index in [1.54, 1.807) is 0 Å². The first-order valence-electron chi connectivity index (χ1n) is 10.6. The Bertz CT molecular complexity index is 1280. The van der Waals surface area contributed by atoms with Gasteiger partial charge < -0.3 is 14.5 Å². The summed E-state index contributed by atoms with van der Waals surface area (Å²) in [6.45, 7) is -0.140. The van der Waals surface area contributed by atoms with Gasteiger partial charge in [-0.15, -0.1) is 0 Å². The van der Waals surface area contributed by atoms with Crippen molar-refractivity contribution in [2.45, 2.75) is 36.7 Å². The Hall–Kier alpha value is -3.07. The number of fused-ring (bicyclic) bond motifs is 1. The molecule has 2 aliphatic heterocycles. The number of alkyl halides is 2. The molecule has 14 heteroatoms. The molecule has 4 amide bonds. The van der Waals surface area contributed by atoms with E-state index in [9.17, 15) is 28.0 Å². The van der Waals surface area contributed by atoms with Crippen molar-refractivity contribution in [1.82, 2.24) is 14.5 Å². The molecule has 2 atom stereocenters. The number of amides is 4. The van der Waals surface area contributed by atoms with E-state index in [-0.39, 0.29) is 40.3 Å². The average Bonchev–Trinajstić information content (AvgIpc) is 3.20. The van der Waals surface area contributed by atoms with E-state index in [2.05, 4.69) is 0 Å². The minimum atomic E-state index is -3.99. The molecule has 8 radical (unpaired) electrons. The highest BCUT2D eigenvalue weighted by Gasteiger charge is 2.49. The Labute approximate surface area is 215 Å². The number of carbonyl (C=O) groups excluding carboxylic acids is 4. The summed E-state index contributed by atoms with van der Waals surface area (Å²) < 4.78 is 29.5. The number of halogens is 3. The highest BCUT2D eigenvalue weighted by atomic mass is 35.5. The fourth-order valence-corrected chi connectivity index (χ4v) is 4.30. The van der Waals surface area contributed by atoms with Crippen molar-refractivity contribution in [3.05, 3.63) is 69.7 Å². The van der Waals surface area contributed by atoms with Gasteiger partial charge >= 0.3 is 5.92 Å². The lowest BCUT2D eigenvalue weighted by Crippen LogP contribution is -2.64. The molecule has 1 unspecified atom stereocenters. The van der Waals surface area contributed by atoms with Crippen LogP contribution in [-0.2, 0) is 26.9 Å². The molecule has 2 heterocycles. The molecular formula is C22H14B4ClF2N3O4. The van der Waals surface area contributed by atoms with Gasteiger partial charge in [-0.2, -0.15) is 8.78 Å². The van der Waals surface area contributed by atoms with Gasteiger partial charge in [-0.1, -0.05) is 35.9 Å². The van der Waals surface area contributed by atoms with Gasteiger partial charge in [0.15, 0.2) is 0 Å². The molecule has 174 valence electrons. The minimum absolute atomic E-state index is 0.130. The number of hydrogen-bond acceptors (Lipinski definition) is 4. The maximum atomic E-state index is 14.8. The summed E-state index contributed by atoms with van der Waals surface area (Å²) >= 11 is 5.72. The van der Waals surface area contributed by atoms with Gasteiger partial charge in [0.2, 0.25) is 27.8 Å². The van der Waals surface area contributed by atoms with Crippen molar-refractivity contribution in [3.63, 3.8) is 0 Å². The summed E-state index contributed by atoms with van der Waals surface area (Å²) in [5.74, 6) is -9.37. The number of nitrogens with zero attached hydrogens (tertiary/aromatic N) is 3. The molecule has 36 heavy (non-hydrogen) atoms. The SMILES string of the molecule is [B]C(c1ccc2c(c1)CN([C@@]1([B])CCC(=O)N([B])C1=O)C2=O)N([B])C(=O)C(F)(F)c1ccc(Cl)cc1. The first kappa shape index (κ1) is 26.0. The van der Waals surface area contributed by atoms with E-state index in [0.717, 1.165) is 17.0 Å². The Kier molecular flexibility index (Phi) is 6.58. The first-order chi connectivity index (χ1) is 16.8. The predicted molar refractivity (Wildman–Crippen MR) is 128 cm³/mol. The number of hydrogen-bond donors (Lipinski definition) is 0. The van der Waals surface area contributed by atoms with Gasteiger partial charge in [0, 0.05) is 35.1 Å². The van der Waals surface area contributed by atoms with Crippen LogP contribution in [0.5, 0.6) is 0 Å². The average molecular weight is 501 g/mol. The summed E-state index contributed by atoms with van der Waals surface area (Å²) in [4.78, 5) is 51.5. The largest absolute Gasteiger partial charge is 0.393 e. The van der Waals surface area contributed by atoms with Crippen molar-refractivity contribution in [1.29, 1.82) is 0 Å². The van der Waals surface area contributed by atoms with Crippen LogP contribution in [-0.4, -0.2) is 75.2 Å². The molecule has 2 aliphatic rings. The summed E-state index contributed by atoms with van der Waals surface area (Å²) in [5.41, 5.74) is -1.76. The second-order valence-electron chi connectivity index (χ2n) is 8.54. The van der Waals surface area contributed by atoms with Crippen LogP contribution in [0, 0.1) is 0 Å². The molecular weight excluding hydrogens is 487 g/mol. The number of benzene rings is 2. The van der Waals surface area contributed by atoms with Crippen LogP contribution >= 0.6 is 11.6 Å². The number of imide groups is 1. The van der Waals surface area contributed by atoms with Gasteiger partial charge in [-0.05, 0) is 35.7 Å². The quantitative estimate of drug-likeness (QED) is 0.457. The van der Waals surface area contributed by atoms with Crippen LogP contribution in [0.1, 0.15) is 45.8 Å². The molecule has 1 fully saturated rings. The fraction of sp³-hybridized carbons (Fsp3) is 0.273. The van der Waals surface area contributed by atoms with Crippen molar-refractivity contribution >= 4 is 66.9 Å². The Morgan fingerprint density at radius 3 is 2.42 bits per heavy atom. The molecule has 0 aromatic heterocycles. The molecule has 7 nitrogen and oxygen atoms in total. The lowest BCUT2D eigenvalue weighted by Gasteiger charge is -2.43. The highest BCUT2D eigenvalue weighted by Crippen LogP contribution is 2.36. The molecule has 0 bridgehead atoms. The van der Waals surface area contributed by atoms with Gasteiger partial charge in [0.05, 0.1) is 5.44 Å². The van der Waals surface area contributed by atoms with Crippen LogP contribution < -0.4 is 0 Å². The van der Waals surface area contributed by atoms with Crippen molar-refractivity contribution in [3.8, 4) is 0 Å². The molecule has 0 saturated carbocycles. The zero-order valence-electron chi connectivity index (χ0n) is 18.7.